The molecule has 0 aromatic heterocycles. The zero-order valence-corrected chi connectivity index (χ0v) is 12.4. The summed E-state index contributed by atoms with van der Waals surface area (Å²) in [5.41, 5.74) is 0.974. The van der Waals surface area contributed by atoms with E-state index in [1.807, 2.05) is 24.3 Å². The molecule has 106 valence electrons. The van der Waals surface area contributed by atoms with Crippen molar-refractivity contribution < 1.29 is 9.47 Å². The molecule has 1 rings (SSSR count). The molecule has 0 spiro atoms. The van der Waals surface area contributed by atoms with Crippen LogP contribution in [0.4, 0.5) is 0 Å². The van der Waals surface area contributed by atoms with Gasteiger partial charge in [0.05, 0.1) is 13.7 Å². The number of ether oxygens (including phenoxy) is 2. The molecule has 0 aliphatic carbocycles. The van der Waals surface area contributed by atoms with E-state index < -0.39 is 0 Å². The molecular formula is C17H26O2. The van der Waals surface area contributed by atoms with E-state index in [1.165, 1.54) is 25.7 Å². The van der Waals surface area contributed by atoms with E-state index in [1.54, 1.807) is 7.11 Å². The maximum Gasteiger partial charge on any atom is 0.120 e. The summed E-state index contributed by atoms with van der Waals surface area (Å²) in [6, 6.07) is 7.92. The lowest BCUT2D eigenvalue weighted by atomic mass is 10.0. The molecule has 2 nitrogen and oxygen atoms in total. The Labute approximate surface area is 117 Å². The van der Waals surface area contributed by atoms with Crippen molar-refractivity contribution in [2.24, 2.45) is 5.92 Å². The highest BCUT2D eigenvalue weighted by Crippen LogP contribution is 2.21. The van der Waals surface area contributed by atoms with Gasteiger partial charge in [0.2, 0.25) is 0 Å². The van der Waals surface area contributed by atoms with E-state index in [-0.39, 0.29) is 0 Å². The standard InChI is InChI=1S/C17H26O2/c1-5-7-9-15(6-2)13-19-17-11-8-10-16(12-17)14(3)18-4/h8,10-12,15H,3,5-7,9,13H2,1-2,4H3. The Balaban J connectivity index is 2.54. The number of hydrogen-bond donors (Lipinski definition) is 0. The van der Waals surface area contributed by atoms with Gasteiger partial charge in [-0.05, 0) is 24.5 Å². The number of methoxy groups -OCH3 is 1. The van der Waals surface area contributed by atoms with Gasteiger partial charge in [-0.25, -0.2) is 0 Å². The van der Waals surface area contributed by atoms with Crippen LogP contribution in [0.3, 0.4) is 0 Å². The van der Waals surface area contributed by atoms with E-state index in [0.29, 0.717) is 11.7 Å². The second-order valence-corrected chi connectivity index (χ2v) is 4.88. The minimum absolute atomic E-state index is 0.647. The summed E-state index contributed by atoms with van der Waals surface area (Å²) in [6.07, 6.45) is 4.95. The predicted octanol–water partition coefficient (Wildman–Crippen LogP) is 4.90. The summed E-state index contributed by atoms with van der Waals surface area (Å²) in [7, 11) is 1.63. The maximum absolute atomic E-state index is 5.89. The number of rotatable bonds is 9. The van der Waals surface area contributed by atoms with Crippen LogP contribution >= 0.6 is 0 Å². The van der Waals surface area contributed by atoms with Crippen molar-refractivity contribution in [1.29, 1.82) is 0 Å². The lowest BCUT2D eigenvalue weighted by Gasteiger charge is -2.16. The lowest BCUT2D eigenvalue weighted by Crippen LogP contribution is -2.11. The summed E-state index contributed by atoms with van der Waals surface area (Å²) >= 11 is 0. The van der Waals surface area contributed by atoms with Gasteiger partial charge in [-0.1, -0.05) is 51.8 Å². The first-order valence-corrected chi connectivity index (χ1v) is 7.17. The maximum atomic E-state index is 5.89. The van der Waals surface area contributed by atoms with Gasteiger partial charge in [0.15, 0.2) is 0 Å². The van der Waals surface area contributed by atoms with E-state index in [0.717, 1.165) is 17.9 Å². The molecule has 1 unspecified atom stereocenters. The van der Waals surface area contributed by atoms with Crippen LogP contribution in [0.5, 0.6) is 5.75 Å². The quantitative estimate of drug-likeness (QED) is 0.589. The molecule has 1 aromatic rings. The normalized spacial score (nSPS) is 11.9. The molecular weight excluding hydrogens is 236 g/mol. The van der Waals surface area contributed by atoms with E-state index >= 15 is 0 Å². The fourth-order valence-electron chi connectivity index (χ4n) is 1.99. The van der Waals surface area contributed by atoms with Crippen LogP contribution in [-0.2, 0) is 4.74 Å². The molecule has 0 bridgehead atoms. The minimum Gasteiger partial charge on any atom is -0.497 e. The van der Waals surface area contributed by atoms with Crippen LogP contribution in [0.2, 0.25) is 0 Å². The van der Waals surface area contributed by atoms with Crippen molar-refractivity contribution >= 4 is 5.76 Å². The predicted molar refractivity (Wildman–Crippen MR) is 81.3 cm³/mol. The molecule has 0 N–H and O–H groups in total. The summed E-state index contributed by atoms with van der Waals surface area (Å²) in [5.74, 6) is 2.21. The van der Waals surface area contributed by atoms with Gasteiger partial charge in [-0.2, -0.15) is 0 Å². The van der Waals surface area contributed by atoms with Crippen molar-refractivity contribution in [3.8, 4) is 5.75 Å². The van der Waals surface area contributed by atoms with Gasteiger partial charge in [0, 0.05) is 5.56 Å². The van der Waals surface area contributed by atoms with Gasteiger partial charge < -0.3 is 9.47 Å². The fourth-order valence-corrected chi connectivity index (χ4v) is 1.99. The van der Waals surface area contributed by atoms with E-state index in [9.17, 15) is 0 Å². The molecule has 1 atom stereocenters. The second kappa shape index (κ2) is 8.63. The average Bonchev–Trinajstić information content (AvgIpc) is 2.47. The monoisotopic (exact) mass is 262 g/mol. The third-order valence-corrected chi connectivity index (χ3v) is 3.43. The number of unbranched alkanes of at least 4 members (excludes halogenated alkanes) is 1. The van der Waals surface area contributed by atoms with E-state index in [4.69, 9.17) is 9.47 Å². The van der Waals surface area contributed by atoms with Gasteiger partial charge in [0.1, 0.15) is 11.5 Å². The largest absolute Gasteiger partial charge is 0.497 e. The van der Waals surface area contributed by atoms with Crippen LogP contribution in [0.1, 0.15) is 45.1 Å². The molecule has 0 aliphatic heterocycles. The number of benzene rings is 1. The lowest BCUT2D eigenvalue weighted by molar-refractivity contribution is 0.233. The van der Waals surface area contributed by atoms with Crippen LogP contribution < -0.4 is 4.74 Å². The van der Waals surface area contributed by atoms with Crippen molar-refractivity contribution in [2.75, 3.05) is 13.7 Å². The Kier molecular flexibility index (Phi) is 7.09. The molecule has 0 radical (unpaired) electrons. The molecule has 0 fully saturated rings. The Morgan fingerprint density at radius 1 is 1.32 bits per heavy atom. The van der Waals surface area contributed by atoms with Crippen molar-refractivity contribution in [1.82, 2.24) is 0 Å². The average molecular weight is 262 g/mol. The highest BCUT2D eigenvalue weighted by Gasteiger charge is 2.07. The van der Waals surface area contributed by atoms with Crippen LogP contribution in [0.15, 0.2) is 30.8 Å². The zero-order chi connectivity index (χ0) is 14.1. The molecule has 0 heterocycles. The number of hydrogen-bond acceptors (Lipinski definition) is 2. The molecule has 0 saturated heterocycles. The highest BCUT2D eigenvalue weighted by atomic mass is 16.5. The molecule has 0 saturated carbocycles. The van der Waals surface area contributed by atoms with Gasteiger partial charge in [-0.3, -0.25) is 0 Å². The second-order valence-electron chi connectivity index (χ2n) is 4.88. The van der Waals surface area contributed by atoms with E-state index in [2.05, 4.69) is 20.4 Å². The molecule has 1 aromatic carbocycles. The summed E-state index contributed by atoms with van der Waals surface area (Å²) in [6.45, 7) is 9.11. The fraction of sp³-hybridized carbons (Fsp3) is 0.529. The highest BCUT2D eigenvalue weighted by molar-refractivity contribution is 5.58. The van der Waals surface area contributed by atoms with Gasteiger partial charge in [-0.15, -0.1) is 0 Å². The Morgan fingerprint density at radius 2 is 2.11 bits per heavy atom. The summed E-state index contributed by atoms with van der Waals surface area (Å²) < 4.78 is 11.0. The van der Waals surface area contributed by atoms with Crippen molar-refractivity contribution in [3.05, 3.63) is 36.4 Å². The SMILES string of the molecule is C=C(OC)c1cccc(OCC(CC)CCCC)c1. The molecule has 0 amide bonds. The van der Waals surface area contributed by atoms with Gasteiger partial charge >= 0.3 is 0 Å². The minimum atomic E-state index is 0.647. The van der Waals surface area contributed by atoms with Gasteiger partial charge in [0.25, 0.3) is 0 Å². The van der Waals surface area contributed by atoms with Crippen LogP contribution in [0.25, 0.3) is 5.76 Å². The Morgan fingerprint density at radius 3 is 2.74 bits per heavy atom. The smallest absolute Gasteiger partial charge is 0.120 e. The first-order valence-electron chi connectivity index (χ1n) is 7.17. The van der Waals surface area contributed by atoms with Crippen LogP contribution in [0, 0.1) is 5.92 Å². The third-order valence-electron chi connectivity index (χ3n) is 3.43. The van der Waals surface area contributed by atoms with Crippen molar-refractivity contribution in [2.45, 2.75) is 39.5 Å². The first-order chi connectivity index (χ1) is 9.21. The molecule has 2 heteroatoms. The molecule has 19 heavy (non-hydrogen) atoms. The zero-order valence-electron chi connectivity index (χ0n) is 12.4. The molecule has 0 aliphatic rings. The summed E-state index contributed by atoms with van der Waals surface area (Å²) in [5, 5.41) is 0. The Bertz CT molecular complexity index is 385. The third kappa shape index (κ3) is 5.37. The topological polar surface area (TPSA) is 18.5 Å². The first kappa shape index (κ1) is 15.6. The summed E-state index contributed by atoms with van der Waals surface area (Å²) in [4.78, 5) is 0. The Hall–Kier alpha value is -1.44. The van der Waals surface area contributed by atoms with Crippen LogP contribution in [-0.4, -0.2) is 13.7 Å². The van der Waals surface area contributed by atoms with Crippen molar-refractivity contribution in [3.63, 3.8) is 0 Å².